The van der Waals surface area contributed by atoms with Gasteiger partial charge in [0, 0.05) is 23.0 Å². The second kappa shape index (κ2) is 6.74. The Labute approximate surface area is 119 Å². The van der Waals surface area contributed by atoms with Crippen LogP contribution in [0, 0.1) is 11.3 Å². The first-order valence-corrected chi connectivity index (χ1v) is 6.60. The Balaban J connectivity index is 2.08. The molecule has 2 aromatic rings. The number of ether oxygens (including phenoxy) is 1. The number of hydrogen-bond acceptors (Lipinski definition) is 3. The van der Waals surface area contributed by atoms with Gasteiger partial charge in [-0.15, -0.1) is 0 Å². The second-order valence-corrected chi connectivity index (χ2v) is 4.75. The Bertz CT molecular complexity index is 656. The molecule has 2 aromatic carbocycles. The van der Waals surface area contributed by atoms with E-state index in [2.05, 4.69) is 18.0 Å². The molecule has 20 heavy (non-hydrogen) atoms. The first-order chi connectivity index (χ1) is 9.72. The lowest BCUT2D eigenvalue weighted by Gasteiger charge is -2.11. The number of rotatable bonds is 6. The molecule has 0 saturated carbocycles. The molecule has 1 N–H and O–H groups in total. The fraction of sp³-hybridized carbons (Fsp3) is 0.235. The van der Waals surface area contributed by atoms with Crippen molar-refractivity contribution in [3.05, 3.63) is 54.1 Å². The van der Waals surface area contributed by atoms with E-state index in [-0.39, 0.29) is 0 Å². The molecule has 3 heteroatoms. The number of hydrogen-bond donors (Lipinski definition) is 1. The van der Waals surface area contributed by atoms with Gasteiger partial charge in [0.2, 0.25) is 0 Å². The van der Waals surface area contributed by atoms with Crippen molar-refractivity contribution in [1.29, 1.82) is 5.26 Å². The summed E-state index contributed by atoms with van der Waals surface area (Å²) in [5.74, 6) is 0. The van der Waals surface area contributed by atoms with Crippen molar-refractivity contribution in [2.75, 3.05) is 25.1 Å². The molecule has 0 aliphatic carbocycles. The maximum atomic E-state index is 9.13. The lowest BCUT2D eigenvalue weighted by molar-refractivity contribution is 0.167. The quantitative estimate of drug-likeness (QED) is 0.640. The normalized spacial score (nSPS) is 10.2. The standard InChI is InChI=1S/C17H18N2O/c1-13(2)12-20-10-9-19-17-8-7-14(11-18)15-5-3-4-6-16(15)17/h3-8,19H,1,9-10,12H2,2H3. The third-order valence-electron chi connectivity index (χ3n) is 2.95. The molecule has 0 aliphatic rings. The molecule has 0 bridgehead atoms. The van der Waals surface area contributed by atoms with Gasteiger partial charge in [-0.25, -0.2) is 0 Å². The van der Waals surface area contributed by atoms with Gasteiger partial charge in [-0.1, -0.05) is 36.4 Å². The lowest BCUT2D eigenvalue weighted by atomic mass is 10.0. The minimum atomic E-state index is 0.593. The van der Waals surface area contributed by atoms with Crippen LogP contribution in [-0.4, -0.2) is 19.8 Å². The monoisotopic (exact) mass is 266 g/mol. The van der Waals surface area contributed by atoms with Crippen molar-refractivity contribution in [3.63, 3.8) is 0 Å². The van der Waals surface area contributed by atoms with Crippen LogP contribution in [0.2, 0.25) is 0 Å². The average molecular weight is 266 g/mol. The van der Waals surface area contributed by atoms with Crippen molar-refractivity contribution < 1.29 is 4.74 Å². The number of anilines is 1. The number of nitriles is 1. The molecule has 0 heterocycles. The Morgan fingerprint density at radius 2 is 2.00 bits per heavy atom. The summed E-state index contributed by atoms with van der Waals surface area (Å²) in [7, 11) is 0. The molecule has 0 unspecified atom stereocenters. The van der Waals surface area contributed by atoms with Crippen LogP contribution in [0.25, 0.3) is 10.8 Å². The van der Waals surface area contributed by atoms with E-state index in [1.807, 2.05) is 43.3 Å². The molecule has 0 aromatic heterocycles. The van der Waals surface area contributed by atoms with Gasteiger partial charge in [-0.05, 0) is 19.1 Å². The molecule has 2 rings (SSSR count). The molecule has 0 aliphatic heterocycles. The number of nitrogens with one attached hydrogen (secondary N) is 1. The highest BCUT2D eigenvalue weighted by Crippen LogP contribution is 2.26. The summed E-state index contributed by atoms with van der Waals surface area (Å²) >= 11 is 0. The third-order valence-corrected chi connectivity index (χ3v) is 2.95. The highest BCUT2D eigenvalue weighted by atomic mass is 16.5. The van der Waals surface area contributed by atoms with Crippen LogP contribution in [0.15, 0.2) is 48.6 Å². The van der Waals surface area contributed by atoms with Crippen LogP contribution >= 0.6 is 0 Å². The number of fused-ring (bicyclic) bond motifs is 1. The highest BCUT2D eigenvalue weighted by molar-refractivity contribution is 5.97. The van der Waals surface area contributed by atoms with Gasteiger partial charge in [-0.2, -0.15) is 5.26 Å². The SMILES string of the molecule is C=C(C)COCCNc1ccc(C#N)c2ccccc12. The van der Waals surface area contributed by atoms with Gasteiger partial charge in [0.05, 0.1) is 24.8 Å². The zero-order chi connectivity index (χ0) is 14.4. The molecule has 0 radical (unpaired) electrons. The molecule has 102 valence electrons. The molecule has 0 atom stereocenters. The van der Waals surface area contributed by atoms with E-state index in [9.17, 15) is 0 Å². The summed E-state index contributed by atoms with van der Waals surface area (Å²) in [4.78, 5) is 0. The fourth-order valence-electron chi connectivity index (χ4n) is 2.05. The number of benzene rings is 2. The molecule has 3 nitrogen and oxygen atoms in total. The molecule has 0 fully saturated rings. The summed E-state index contributed by atoms with van der Waals surface area (Å²) in [5, 5.41) is 14.5. The van der Waals surface area contributed by atoms with Gasteiger partial charge in [0.1, 0.15) is 0 Å². The lowest BCUT2D eigenvalue weighted by Crippen LogP contribution is -2.10. The van der Waals surface area contributed by atoms with Crippen LogP contribution in [0.4, 0.5) is 5.69 Å². The minimum Gasteiger partial charge on any atom is -0.382 e. The van der Waals surface area contributed by atoms with E-state index in [4.69, 9.17) is 10.00 Å². The zero-order valence-electron chi connectivity index (χ0n) is 11.6. The van der Waals surface area contributed by atoms with Crippen LogP contribution in [-0.2, 0) is 4.74 Å². The molecular weight excluding hydrogens is 248 g/mol. The van der Waals surface area contributed by atoms with Gasteiger partial charge in [0.15, 0.2) is 0 Å². The maximum absolute atomic E-state index is 9.13. The summed E-state index contributed by atoms with van der Waals surface area (Å²) in [6.07, 6.45) is 0. The van der Waals surface area contributed by atoms with Crippen LogP contribution in [0.5, 0.6) is 0 Å². The van der Waals surface area contributed by atoms with Crippen molar-refractivity contribution in [3.8, 4) is 6.07 Å². The molecule has 0 saturated heterocycles. The Hall–Kier alpha value is -2.31. The molecule has 0 spiro atoms. The Morgan fingerprint density at radius 3 is 2.70 bits per heavy atom. The van der Waals surface area contributed by atoms with Crippen LogP contribution in [0.1, 0.15) is 12.5 Å². The predicted octanol–water partition coefficient (Wildman–Crippen LogP) is 3.72. The Kier molecular flexibility index (Phi) is 4.75. The first kappa shape index (κ1) is 14.1. The predicted molar refractivity (Wildman–Crippen MR) is 82.8 cm³/mol. The smallest absolute Gasteiger partial charge is 0.0998 e. The van der Waals surface area contributed by atoms with Crippen molar-refractivity contribution in [2.45, 2.75) is 6.92 Å². The van der Waals surface area contributed by atoms with E-state index >= 15 is 0 Å². The average Bonchev–Trinajstić information content (AvgIpc) is 2.46. The topological polar surface area (TPSA) is 45.0 Å². The summed E-state index contributed by atoms with van der Waals surface area (Å²) in [5.41, 5.74) is 2.75. The molecule has 0 amide bonds. The highest BCUT2D eigenvalue weighted by Gasteiger charge is 2.04. The van der Waals surface area contributed by atoms with Crippen LogP contribution in [0.3, 0.4) is 0 Å². The summed E-state index contributed by atoms with van der Waals surface area (Å²) in [6.45, 7) is 7.69. The van der Waals surface area contributed by atoms with Crippen molar-refractivity contribution in [2.24, 2.45) is 0 Å². The van der Waals surface area contributed by atoms with E-state index in [1.54, 1.807) is 0 Å². The zero-order valence-corrected chi connectivity index (χ0v) is 11.6. The van der Waals surface area contributed by atoms with E-state index in [0.717, 1.165) is 28.6 Å². The minimum absolute atomic E-state index is 0.593. The Morgan fingerprint density at radius 1 is 1.25 bits per heavy atom. The fourth-order valence-corrected chi connectivity index (χ4v) is 2.05. The maximum Gasteiger partial charge on any atom is 0.0998 e. The third kappa shape index (κ3) is 3.37. The van der Waals surface area contributed by atoms with Gasteiger partial charge in [-0.3, -0.25) is 0 Å². The number of nitrogens with zero attached hydrogens (tertiary/aromatic N) is 1. The van der Waals surface area contributed by atoms with E-state index < -0.39 is 0 Å². The summed E-state index contributed by atoms with van der Waals surface area (Å²) in [6, 6.07) is 13.9. The van der Waals surface area contributed by atoms with E-state index in [0.29, 0.717) is 18.8 Å². The van der Waals surface area contributed by atoms with Gasteiger partial charge in [0.25, 0.3) is 0 Å². The van der Waals surface area contributed by atoms with Gasteiger partial charge >= 0.3 is 0 Å². The molecular formula is C17H18N2O. The summed E-state index contributed by atoms with van der Waals surface area (Å²) < 4.78 is 5.46. The van der Waals surface area contributed by atoms with Crippen molar-refractivity contribution in [1.82, 2.24) is 0 Å². The largest absolute Gasteiger partial charge is 0.382 e. The first-order valence-electron chi connectivity index (χ1n) is 6.60. The van der Waals surface area contributed by atoms with Crippen molar-refractivity contribution >= 4 is 16.5 Å². The second-order valence-electron chi connectivity index (χ2n) is 4.75. The van der Waals surface area contributed by atoms with E-state index in [1.165, 1.54) is 0 Å². The van der Waals surface area contributed by atoms with Crippen LogP contribution < -0.4 is 5.32 Å². The van der Waals surface area contributed by atoms with Gasteiger partial charge < -0.3 is 10.1 Å².